The number of hydrogen-bond acceptors (Lipinski definition) is 7. The Bertz CT molecular complexity index is 697. The van der Waals surface area contributed by atoms with Crippen molar-refractivity contribution < 1.29 is 35.6 Å². The van der Waals surface area contributed by atoms with Crippen LogP contribution >= 0.6 is 0 Å². The molecule has 8 atom stereocenters. The SMILES string of the molecule is CCCCCCC[C@H](O)CCCCCC[C@H](C(=O)[O-])[C@H](O)CC[C@]1(O)C[C@@H](CCCO)[C@H](CC2CC[NH2+]C(N)C2)C1. The Hall–Kier alpha value is -0.770. The normalized spacial score (nSPS) is 28.9. The Morgan fingerprint density at radius 1 is 0.951 bits per heavy atom. The number of rotatable bonds is 23. The smallest absolute Gasteiger partial charge is 0.137 e. The second-order valence-electron chi connectivity index (χ2n) is 13.7. The van der Waals surface area contributed by atoms with Crippen molar-refractivity contribution in [3.8, 4) is 0 Å². The number of carbonyl (C=O) groups is 1. The van der Waals surface area contributed by atoms with Crippen LogP contribution in [0.25, 0.3) is 0 Å². The molecule has 8 heteroatoms. The van der Waals surface area contributed by atoms with Crippen LogP contribution in [0.3, 0.4) is 0 Å². The van der Waals surface area contributed by atoms with Crippen LogP contribution in [0, 0.1) is 23.7 Å². The third kappa shape index (κ3) is 14.5. The van der Waals surface area contributed by atoms with Gasteiger partial charge < -0.3 is 35.6 Å². The van der Waals surface area contributed by atoms with Gasteiger partial charge in [-0.05, 0) is 88.4 Å². The van der Waals surface area contributed by atoms with Crippen LogP contribution in [-0.4, -0.2) is 63.5 Å². The standard InChI is InChI=1S/C33H64N2O6/c1-2-3-4-5-8-13-28(37)14-9-6-7-10-15-29(32(39)40)30(38)16-18-33(41)23-26(12-11-20-36)27(24-33)21-25-17-19-35-31(34)22-25/h25-31,35-38,41H,2-24,34H2,1H3,(H,39,40)/t25?,26-,27-,28+,29+,30-,31?,33+/m1/s1. The van der Waals surface area contributed by atoms with E-state index in [1.54, 1.807) is 0 Å². The van der Waals surface area contributed by atoms with Crippen LogP contribution in [0.15, 0.2) is 0 Å². The van der Waals surface area contributed by atoms with E-state index in [9.17, 15) is 30.3 Å². The molecule has 2 rings (SSSR count). The van der Waals surface area contributed by atoms with Gasteiger partial charge in [-0.25, -0.2) is 0 Å². The molecule has 0 aromatic carbocycles. The molecule has 2 fully saturated rings. The first-order valence-electron chi connectivity index (χ1n) is 17.2. The summed E-state index contributed by atoms with van der Waals surface area (Å²) < 4.78 is 0. The molecule has 0 spiro atoms. The molecular formula is C33H64N2O6. The first-order chi connectivity index (χ1) is 19.7. The minimum atomic E-state index is -1.21. The summed E-state index contributed by atoms with van der Waals surface area (Å²) in [5.41, 5.74) is 5.27. The predicted molar refractivity (Wildman–Crippen MR) is 160 cm³/mol. The maximum absolute atomic E-state index is 11.9. The summed E-state index contributed by atoms with van der Waals surface area (Å²) in [4.78, 5) is 11.9. The second kappa shape index (κ2) is 20.2. The molecule has 8 N–H and O–H groups in total. The van der Waals surface area contributed by atoms with Crippen molar-refractivity contribution in [2.75, 3.05) is 13.2 Å². The number of quaternary nitrogens is 1. The third-order valence-electron chi connectivity index (χ3n) is 10.1. The van der Waals surface area contributed by atoms with Gasteiger partial charge in [-0.2, -0.15) is 0 Å². The number of nitrogens with two attached hydrogens (primary N) is 2. The van der Waals surface area contributed by atoms with E-state index in [0.717, 1.165) is 77.2 Å². The largest absolute Gasteiger partial charge is 0.550 e. The van der Waals surface area contributed by atoms with Gasteiger partial charge in [0, 0.05) is 24.9 Å². The van der Waals surface area contributed by atoms with Crippen molar-refractivity contribution in [3.05, 3.63) is 0 Å². The molecule has 0 aromatic heterocycles. The fraction of sp³-hybridized carbons (Fsp3) is 0.970. The van der Waals surface area contributed by atoms with Crippen LogP contribution in [0.2, 0.25) is 0 Å². The molecule has 41 heavy (non-hydrogen) atoms. The van der Waals surface area contributed by atoms with E-state index in [2.05, 4.69) is 12.2 Å². The highest BCUT2D eigenvalue weighted by Gasteiger charge is 2.44. The van der Waals surface area contributed by atoms with Crippen molar-refractivity contribution >= 4 is 5.97 Å². The number of aliphatic carboxylic acids is 1. The van der Waals surface area contributed by atoms with Crippen molar-refractivity contribution in [2.24, 2.45) is 29.4 Å². The van der Waals surface area contributed by atoms with Crippen LogP contribution < -0.4 is 16.2 Å². The minimum Gasteiger partial charge on any atom is -0.550 e. The van der Waals surface area contributed by atoms with Crippen LogP contribution in [-0.2, 0) is 4.79 Å². The van der Waals surface area contributed by atoms with E-state index >= 15 is 0 Å². The summed E-state index contributed by atoms with van der Waals surface area (Å²) in [5, 5.41) is 55.9. The summed E-state index contributed by atoms with van der Waals surface area (Å²) in [6.45, 7) is 3.39. The Morgan fingerprint density at radius 2 is 1.59 bits per heavy atom. The van der Waals surface area contributed by atoms with Crippen molar-refractivity contribution in [2.45, 2.75) is 166 Å². The highest BCUT2D eigenvalue weighted by molar-refractivity contribution is 5.68. The quantitative estimate of drug-likeness (QED) is 0.101. The molecule has 2 unspecified atom stereocenters. The fourth-order valence-electron chi connectivity index (χ4n) is 7.66. The highest BCUT2D eigenvalue weighted by Crippen LogP contribution is 2.47. The van der Waals surface area contributed by atoms with Gasteiger partial charge >= 0.3 is 0 Å². The summed E-state index contributed by atoms with van der Waals surface area (Å²) in [5.74, 6) is -0.863. The monoisotopic (exact) mass is 584 g/mol. The molecular weight excluding hydrogens is 520 g/mol. The van der Waals surface area contributed by atoms with E-state index in [1.807, 2.05) is 0 Å². The molecule has 1 saturated heterocycles. The Morgan fingerprint density at radius 3 is 2.20 bits per heavy atom. The Kier molecular flexibility index (Phi) is 18.0. The van der Waals surface area contributed by atoms with E-state index in [1.165, 1.54) is 25.7 Å². The lowest BCUT2D eigenvalue weighted by atomic mass is 9.80. The van der Waals surface area contributed by atoms with Crippen molar-refractivity contribution in [1.29, 1.82) is 0 Å². The molecule has 0 aromatic rings. The molecule has 1 aliphatic heterocycles. The van der Waals surface area contributed by atoms with Crippen LogP contribution in [0.4, 0.5) is 0 Å². The average Bonchev–Trinajstić information content (AvgIpc) is 3.24. The maximum atomic E-state index is 11.9. The van der Waals surface area contributed by atoms with E-state index in [4.69, 9.17) is 5.73 Å². The van der Waals surface area contributed by atoms with Crippen LogP contribution in [0.5, 0.6) is 0 Å². The van der Waals surface area contributed by atoms with Gasteiger partial charge in [-0.3, -0.25) is 5.73 Å². The molecule has 8 nitrogen and oxygen atoms in total. The van der Waals surface area contributed by atoms with Crippen LogP contribution in [0.1, 0.15) is 142 Å². The zero-order valence-corrected chi connectivity index (χ0v) is 26.1. The zero-order valence-electron chi connectivity index (χ0n) is 26.1. The molecule has 242 valence electrons. The number of hydrogen-bond donors (Lipinski definition) is 6. The van der Waals surface area contributed by atoms with Gasteiger partial charge in [0.05, 0.1) is 24.4 Å². The van der Waals surface area contributed by atoms with Gasteiger partial charge in [0.25, 0.3) is 0 Å². The van der Waals surface area contributed by atoms with Gasteiger partial charge in [0.15, 0.2) is 0 Å². The third-order valence-corrected chi connectivity index (χ3v) is 10.1. The molecule has 1 heterocycles. The number of aliphatic hydroxyl groups is 4. The van der Waals surface area contributed by atoms with Gasteiger partial charge in [-0.1, -0.05) is 64.7 Å². The van der Waals surface area contributed by atoms with Gasteiger partial charge in [0.1, 0.15) is 6.17 Å². The Balaban J connectivity index is 1.72. The molecule has 0 amide bonds. The van der Waals surface area contributed by atoms with E-state index in [-0.39, 0.29) is 25.3 Å². The number of unbranched alkanes of at least 4 members (excludes halogenated alkanes) is 7. The first-order valence-corrected chi connectivity index (χ1v) is 17.2. The molecule has 2 aliphatic rings. The van der Waals surface area contributed by atoms with E-state index < -0.39 is 23.6 Å². The Labute approximate surface area is 249 Å². The molecule has 0 radical (unpaired) electrons. The number of carboxylic acids is 1. The second-order valence-corrected chi connectivity index (χ2v) is 13.7. The minimum absolute atomic E-state index is 0.149. The lowest BCUT2D eigenvalue weighted by molar-refractivity contribution is -0.699. The predicted octanol–water partition coefficient (Wildman–Crippen LogP) is 2.73. The topological polar surface area (TPSA) is 164 Å². The maximum Gasteiger partial charge on any atom is 0.137 e. The highest BCUT2D eigenvalue weighted by atomic mass is 16.4. The molecule has 1 saturated carbocycles. The molecule has 1 aliphatic carbocycles. The summed E-state index contributed by atoms with van der Waals surface area (Å²) in [7, 11) is 0. The number of carbonyl (C=O) groups excluding carboxylic acids is 1. The number of aliphatic hydroxyl groups excluding tert-OH is 3. The fourth-order valence-corrected chi connectivity index (χ4v) is 7.66. The van der Waals surface area contributed by atoms with Crippen molar-refractivity contribution in [1.82, 2.24) is 0 Å². The number of carboxylic acid groups (broad SMARTS) is 1. The summed E-state index contributed by atoms with van der Waals surface area (Å²) in [6, 6.07) is 0. The van der Waals surface area contributed by atoms with Crippen molar-refractivity contribution in [3.63, 3.8) is 0 Å². The van der Waals surface area contributed by atoms with Gasteiger partial charge in [0.2, 0.25) is 0 Å². The van der Waals surface area contributed by atoms with E-state index in [0.29, 0.717) is 49.9 Å². The lowest BCUT2D eigenvalue weighted by Crippen LogP contribution is -2.94. The van der Waals surface area contributed by atoms with Gasteiger partial charge in [-0.15, -0.1) is 0 Å². The zero-order chi connectivity index (χ0) is 30.1. The number of piperidine rings is 1. The summed E-state index contributed by atoms with van der Waals surface area (Å²) in [6.07, 6.45) is 17.1. The lowest BCUT2D eigenvalue weighted by Gasteiger charge is -2.30. The first kappa shape index (κ1) is 36.4. The summed E-state index contributed by atoms with van der Waals surface area (Å²) >= 11 is 0. The molecule has 0 bridgehead atoms. The average molecular weight is 585 g/mol.